The van der Waals surface area contributed by atoms with Crippen LogP contribution in [0.4, 0.5) is 4.39 Å². The van der Waals surface area contributed by atoms with Crippen molar-refractivity contribution in [1.82, 2.24) is 15.1 Å². The third kappa shape index (κ3) is 3.99. The van der Waals surface area contributed by atoms with Gasteiger partial charge < -0.3 is 10.1 Å². The number of fused-ring (bicyclic) bond motifs is 1. The summed E-state index contributed by atoms with van der Waals surface area (Å²) in [6.45, 7) is 1.86. The molecule has 6 nitrogen and oxygen atoms in total. The summed E-state index contributed by atoms with van der Waals surface area (Å²) in [6, 6.07) is 11.1. The van der Waals surface area contributed by atoms with E-state index in [1.165, 1.54) is 41.9 Å². The van der Waals surface area contributed by atoms with Crippen molar-refractivity contribution in [3.05, 3.63) is 69.1 Å². The Kier molecular flexibility index (Phi) is 5.65. The number of carbonyl (C=O) groups is 2. The fourth-order valence-corrected chi connectivity index (χ4v) is 4.97. The molecule has 0 spiro atoms. The van der Waals surface area contributed by atoms with Gasteiger partial charge in [-0.15, -0.1) is 22.7 Å². The van der Waals surface area contributed by atoms with E-state index >= 15 is 0 Å². The number of carbonyl (C=O) groups excluding carboxylic acids is 2. The maximum atomic E-state index is 13.3. The van der Waals surface area contributed by atoms with Crippen LogP contribution >= 0.6 is 22.7 Å². The highest BCUT2D eigenvalue weighted by Crippen LogP contribution is 2.31. The number of amides is 1. The Morgan fingerprint density at radius 2 is 2.03 bits per heavy atom. The maximum absolute atomic E-state index is 13.3. The summed E-state index contributed by atoms with van der Waals surface area (Å²) in [5, 5.41) is 10.2. The number of hydrogen-bond donors (Lipinski definition) is 1. The number of esters is 1. The lowest BCUT2D eigenvalue weighted by molar-refractivity contribution is -0.141. The topological polar surface area (TPSA) is 73.2 Å². The molecule has 0 saturated carbocycles. The van der Waals surface area contributed by atoms with Gasteiger partial charge in [-0.05, 0) is 48.7 Å². The molecule has 0 aliphatic carbocycles. The maximum Gasteiger partial charge on any atom is 0.307 e. The van der Waals surface area contributed by atoms with Gasteiger partial charge >= 0.3 is 5.97 Å². The van der Waals surface area contributed by atoms with Crippen LogP contribution in [0.1, 0.15) is 32.7 Å². The molecule has 154 valence electrons. The van der Waals surface area contributed by atoms with Gasteiger partial charge in [-0.25, -0.2) is 9.07 Å². The molecular formula is C21H18FN3O3S2. The van der Waals surface area contributed by atoms with Gasteiger partial charge in [0.2, 0.25) is 0 Å². The molecule has 1 aromatic carbocycles. The van der Waals surface area contributed by atoms with Crippen molar-refractivity contribution in [2.24, 2.45) is 0 Å². The number of thiophene rings is 2. The molecule has 0 fully saturated rings. The molecule has 1 unspecified atom stereocenters. The Bertz CT molecular complexity index is 1200. The van der Waals surface area contributed by atoms with Gasteiger partial charge in [-0.1, -0.05) is 6.07 Å². The van der Waals surface area contributed by atoms with E-state index in [-0.39, 0.29) is 18.1 Å². The summed E-state index contributed by atoms with van der Waals surface area (Å²) >= 11 is 2.76. The molecule has 0 radical (unpaired) electrons. The third-order valence-corrected chi connectivity index (χ3v) is 6.73. The quantitative estimate of drug-likeness (QED) is 0.441. The third-order valence-electron chi connectivity index (χ3n) is 4.63. The van der Waals surface area contributed by atoms with Crippen LogP contribution in [0.5, 0.6) is 0 Å². The fourth-order valence-electron chi connectivity index (χ4n) is 3.11. The van der Waals surface area contributed by atoms with Gasteiger partial charge in [-0.2, -0.15) is 5.10 Å². The molecule has 4 aromatic rings. The van der Waals surface area contributed by atoms with Gasteiger partial charge in [0.1, 0.15) is 10.6 Å². The number of hydrogen-bond acceptors (Lipinski definition) is 6. The Morgan fingerprint density at radius 3 is 2.70 bits per heavy atom. The molecule has 30 heavy (non-hydrogen) atoms. The normalized spacial score (nSPS) is 12.1. The number of nitrogens with zero attached hydrogens (tertiary/aromatic N) is 2. The first-order valence-electron chi connectivity index (χ1n) is 9.12. The summed E-state index contributed by atoms with van der Waals surface area (Å²) in [5.41, 5.74) is 1.49. The fraction of sp³-hybridized carbons (Fsp3) is 0.190. The van der Waals surface area contributed by atoms with Gasteiger partial charge in [0.15, 0.2) is 0 Å². The average molecular weight is 444 g/mol. The summed E-state index contributed by atoms with van der Waals surface area (Å²) in [7, 11) is 1.33. The lowest BCUT2D eigenvalue weighted by Gasteiger charge is -2.15. The van der Waals surface area contributed by atoms with E-state index < -0.39 is 12.0 Å². The second kappa shape index (κ2) is 8.37. The lowest BCUT2D eigenvalue weighted by atomic mass is 10.1. The largest absolute Gasteiger partial charge is 0.469 e. The minimum atomic E-state index is -0.468. The molecule has 1 N–H and O–H groups in total. The number of methoxy groups -OCH3 is 1. The zero-order chi connectivity index (χ0) is 21.3. The number of nitrogens with one attached hydrogen (secondary N) is 1. The van der Waals surface area contributed by atoms with Crippen molar-refractivity contribution in [1.29, 1.82) is 0 Å². The summed E-state index contributed by atoms with van der Waals surface area (Å²) in [5.74, 6) is -0.994. The molecule has 0 bridgehead atoms. The average Bonchev–Trinajstić information content (AvgIpc) is 3.46. The first kappa shape index (κ1) is 20.2. The van der Waals surface area contributed by atoms with Crippen LogP contribution in [0.3, 0.4) is 0 Å². The van der Waals surface area contributed by atoms with Gasteiger partial charge in [-0.3, -0.25) is 9.59 Å². The molecule has 0 aliphatic heterocycles. The van der Waals surface area contributed by atoms with Crippen LogP contribution in [-0.2, 0) is 9.53 Å². The zero-order valence-electron chi connectivity index (χ0n) is 16.2. The summed E-state index contributed by atoms with van der Waals surface area (Å²) in [6.07, 6.45) is 0.0516. The van der Waals surface area contributed by atoms with Crippen LogP contribution in [0.15, 0.2) is 47.8 Å². The Balaban J connectivity index is 1.64. The zero-order valence-corrected chi connectivity index (χ0v) is 17.8. The minimum Gasteiger partial charge on any atom is -0.469 e. The van der Waals surface area contributed by atoms with Crippen molar-refractivity contribution in [2.45, 2.75) is 19.4 Å². The van der Waals surface area contributed by atoms with Gasteiger partial charge in [0.25, 0.3) is 5.91 Å². The predicted octanol–water partition coefficient (Wildman–Crippen LogP) is 4.63. The Hall–Kier alpha value is -3.04. The highest BCUT2D eigenvalue weighted by atomic mass is 32.1. The SMILES string of the molecule is COC(=O)CC(NC(=O)c1cc2c(C)nn(-c3ccc(F)cc3)c2s1)c1cccs1. The van der Waals surface area contributed by atoms with E-state index in [9.17, 15) is 14.0 Å². The highest BCUT2D eigenvalue weighted by molar-refractivity contribution is 7.20. The highest BCUT2D eigenvalue weighted by Gasteiger charge is 2.23. The molecule has 3 heterocycles. The standard InChI is InChI=1S/C21H18FN3O3S2/c1-12-15-10-18(30-21(15)25(24-12)14-7-5-13(22)6-8-14)20(27)23-16(11-19(26)28-2)17-4-3-9-29-17/h3-10,16H,11H2,1-2H3,(H,23,27). The molecule has 3 aromatic heterocycles. The van der Waals surface area contributed by atoms with Gasteiger partial charge in [0.05, 0.1) is 35.8 Å². The van der Waals surface area contributed by atoms with Crippen LogP contribution in [0, 0.1) is 12.7 Å². The monoisotopic (exact) mass is 443 g/mol. The number of ether oxygens (including phenoxy) is 1. The summed E-state index contributed by atoms with van der Waals surface area (Å²) < 4.78 is 19.7. The molecule has 4 rings (SSSR count). The second-order valence-electron chi connectivity index (χ2n) is 6.62. The molecule has 0 aliphatic rings. The van der Waals surface area contributed by atoms with E-state index in [4.69, 9.17) is 4.74 Å². The second-order valence-corrected chi connectivity index (χ2v) is 8.63. The van der Waals surface area contributed by atoms with Crippen LogP contribution in [0.25, 0.3) is 15.9 Å². The number of rotatable bonds is 6. The Morgan fingerprint density at radius 1 is 1.27 bits per heavy atom. The number of aromatic nitrogens is 2. The van der Waals surface area contributed by atoms with E-state index in [0.717, 1.165) is 20.8 Å². The van der Waals surface area contributed by atoms with Crippen molar-refractivity contribution in [3.63, 3.8) is 0 Å². The summed E-state index contributed by atoms with van der Waals surface area (Å²) in [4.78, 5) is 26.9. The van der Waals surface area contributed by atoms with Crippen LogP contribution in [0.2, 0.25) is 0 Å². The molecule has 1 amide bonds. The number of aryl methyl sites for hydroxylation is 1. The molecular weight excluding hydrogens is 425 g/mol. The van der Waals surface area contributed by atoms with E-state index in [1.807, 2.05) is 24.4 Å². The van der Waals surface area contributed by atoms with E-state index in [1.54, 1.807) is 22.9 Å². The van der Waals surface area contributed by atoms with Gasteiger partial charge in [0, 0.05) is 10.3 Å². The lowest BCUT2D eigenvalue weighted by Crippen LogP contribution is -2.29. The van der Waals surface area contributed by atoms with Crippen molar-refractivity contribution in [3.8, 4) is 5.69 Å². The van der Waals surface area contributed by atoms with E-state index in [2.05, 4.69) is 10.4 Å². The molecule has 0 saturated heterocycles. The molecule has 9 heteroatoms. The van der Waals surface area contributed by atoms with E-state index in [0.29, 0.717) is 10.6 Å². The number of benzene rings is 1. The van der Waals surface area contributed by atoms with Crippen molar-refractivity contribution in [2.75, 3.05) is 7.11 Å². The van der Waals surface area contributed by atoms with Crippen LogP contribution < -0.4 is 5.32 Å². The number of halogens is 1. The minimum absolute atomic E-state index is 0.0516. The van der Waals surface area contributed by atoms with Crippen molar-refractivity contribution < 1.29 is 18.7 Å². The first-order valence-corrected chi connectivity index (χ1v) is 10.8. The van der Waals surface area contributed by atoms with Crippen molar-refractivity contribution >= 4 is 44.8 Å². The predicted molar refractivity (Wildman–Crippen MR) is 115 cm³/mol. The smallest absolute Gasteiger partial charge is 0.307 e. The Labute approximate surface area is 179 Å². The first-order chi connectivity index (χ1) is 14.5. The molecule has 1 atom stereocenters. The van der Waals surface area contributed by atoms with Crippen LogP contribution in [-0.4, -0.2) is 28.8 Å².